The van der Waals surface area contributed by atoms with E-state index >= 15 is 0 Å². The average molecular weight is 378 g/mol. The summed E-state index contributed by atoms with van der Waals surface area (Å²) in [5.74, 6) is 1.65. The highest BCUT2D eigenvalue weighted by Crippen LogP contribution is 2.34. The highest BCUT2D eigenvalue weighted by molar-refractivity contribution is 6.11. The second kappa shape index (κ2) is 7.32. The van der Waals surface area contributed by atoms with E-state index in [0.717, 1.165) is 53.2 Å². The first-order chi connectivity index (χ1) is 13.5. The minimum absolute atomic E-state index is 0.166. The van der Waals surface area contributed by atoms with Crippen molar-refractivity contribution in [3.05, 3.63) is 58.8 Å². The minimum Gasteiger partial charge on any atom is -0.493 e. The van der Waals surface area contributed by atoms with E-state index < -0.39 is 0 Å². The molecule has 1 atom stereocenters. The third kappa shape index (κ3) is 3.06. The van der Waals surface area contributed by atoms with Crippen LogP contribution in [0.3, 0.4) is 0 Å². The van der Waals surface area contributed by atoms with Gasteiger partial charge in [-0.25, -0.2) is 0 Å². The highest BCUT2D eigenvalue weighted by atomic mass is 16.5. The Labute approximate surface area is 165 Å². The number of aromatic amines is 1. The molecular formula is C23H26N2O3. The number of hydrogen-bond donors (Lipinski definition) is 1. The maximum Gasteiger partial charge on any atom is 0.182 e. The topological polar surface area (TPSA) is 54.6 Å². The van der Waals surface area contributed by atoms with Gasteiger partial charge in [0.1, 0.15) is 0 Å². The van der Waals surface area contributed by atoms with Crippen LogP contribution in [0.5, 0.6) is 11.5 Å². The lowest BCUT2D eigenvalue weighted by Crippen LogP contribution is -2.42. The Morgan fingerprint density at radius 1 is 1.11 bits per heavy atom. The fourth-order valence-corrected chi connectivity index (χ4v) is 4.20. The van der Waals surface area contributed by atoms with E-state index in [9.17, 15) is 4.79 Å². The Hall–Kier alpha value is -2.79. The largest absolute Gasteiger partial charge is 0.493 e. The van der Waals surface area contributed by atoms with Crippen LogP contribution >= 0.6 is 0 Å². The first-order valence-corrected chi connectivity index (χ1v) is 9.62. The predicted octanol–water partition coefficient (Wildman–Crippen LogP) is 4.12. The first kappa shape index (κ1) is 18.6. The standard InChI is InChI=1S/C23H26N2O3/c1-14-22(18-7-5-6-8-19(18)24-14)23(26)15(2)25-10-9-16-11-20(27-3)21(28-4)12-17(16)13-25/h5-8,11-12,15,24H,9-10,13H2,1-4H3/t15-/m1/s1. The van der Waals surface area contributed by atoms with Gasteiger partial charge in [0.2, 0.25) is 0 Å². The summed E-state index contributed by atoms with van der Waals surface area (Å²) < 4.78 is 10.9. The molecule has 1 aromatic heterocycles. The van der Waals surface area contributed by atoms with Crippen molar-refractivity contribution in [2.45, 2.75) is 32.9 Å². The molecule has 0 unspecified atom stereocenters. The number of ketones is 1. The van der Waals surface area contributed by atoms with Gasteiger partial charge in [0.15, 0.2) is 17.3 Å². The molecule has 1 aliphatic rings. The number of rotatable bonds is 5. The summed E-state index contributed by atoms with van der Waals surface area (Å²) in [5, 5.41) is 1.00. The number of H-pyrrole nitrogens is 1. The zero-order chi connectivity index (χ0) is 19.8. The van der Waals surface area contributed by atoms with Crippen LogP contribution in [0.4, 0.5) is 0 Å². The lowest BCUT2D eigenvalue weighted by molar-refractivity contribution is 0.0820. The molecule has 0 saturated heterocycles. The number of carbonyl (C=O) groups is 1. The molecule has 5 nitrogen and oxygen atoms in total. The van der Waals surface area contributed by atoms with Crippen LogP contribution in [0.15, 0.2) is 36.4 Å². The maximum atomic E-state index is 13.4. The second-order valence-electron chi connectivity index (χ2n) is 7.41. The van der Waals surface area contributed by atoms with Crippen LogP contribution < -0.4 is 9.47 Å². The number of fused-ring (bicyclic) bond motifs is 2. The molecule has 0 saturated carbocycles. The number of hydrogen-bond acceptors (Lipinski definition) is 4. The van der Waals surface area contributed by atoms with Gasteiger partial charge in [-0.1, -0.05) is 18.2 Å². The Balaban J connectivity index is 1.62. The van der Waals surface area contributed by atoms with E-state index in [0.29, 0.717) is 0 Å². The molecule has 3 aromatic rings. The van der Waals surface area contributed by atoms with Crippen LogP contribution in [0.25, 0.3) is 10.9 Å². The van der Waals surface area contributed by atoms with Gasteiger partial charge in [0, 0.05) is 35.2 Å². The fraction of sp³-hybridized carbons (Fsp3) is 0.348. The Bertz CT molecular complexity index is 1040. The Morgan fingerprint density at radius 3 is 2.50 bits per heavy atom. The van der Waals surface area contributed by atoms with Gasteiger partial charge < -0.3 is 14.5 Å². The molecule has 0 fully saturated rings. The molecule has 5 heteroatoms. The van der Waals surface area contributed by atoms with Gasteiger partial charge in [-0.3, -0.25) is 9.69 Å². The number of aryl methyl sites for hydroxylation is 1. The van der Waals surface area contributed by atoms with Gasteiger partial charge in [-0.2, -0.15) is 0 Å². The van der Waals surface area contributed by atoms with Gasteiger partial charge in [-0.15, -0.1) is 0 Å². The van der Waals surface area contributed by atoms with E-state index in [-0.39, 0.29) is 11.8 Å². The summed E-state index contributed by atoms with van der Waals surface area (Å²) >= 11 is 0. The van der Waals surface area contributed by atoms with Crippen LogP contribution in [0.2, 0.25) is 0 Å². The van der Waals surface area contributed by atoms with Gasteiger partial charge in [0.05, 0.1) is 20.3 Å². The van der Waals surface area contributed by atoms with Crippen molar-refractivity contribution in [3.8, 4) is 11.5 Å². The van der Waals surface area contributed by atoms with E-state index in [1.165, 1.54) is 11.1 Å². The van der Waals surface area contributed by atoms with Crippen LogP contribution in [-0.2, 0) is 13.0 Å². The third-order valence-corrected chi connectivity index (χ3v) is 5.81. The number of Topliss-reactive ketones (excluding diaryl/α,β-unsaturated/α-hetero) is 1. The number of para-hydroxylation sites is 1. The van der Waals surface area contributed by atoms with Crippen molar-refractivity contribution in [1.82, 2.24) is 9.88 Å². The highest BCUT2D eigenvalue weighted by Gasteiger charge is 2.29. The van der Waals surface area contributed by atoms with Gasteiger partial charge in [0.25, 0.3) is 0 Å². The molecule has 1 aliphatic heterocycles. The molecule has 4 rings (SSSR count). The van der Waals surface area contributed by atoms with E-state index in [4.69, 9.17) is 9.47 Å². The average Bonchev–Trinajstić information content (AvgIpc) is 3.06. The molecule has 2 aromatic carbocycles. The number of methoxy groups -OCH3 is 2. The maximum absolute atomic E-state index is 13.4. The van der Waals surface area contributed by atoms with Crippen molar-refractivity contribution in [1.29, 1.82) is 0 Å². The van der Waals surface area contributed by atoms with Crippen molar-refractivity contribution in [2.75, 3.05) is 20.8 Å². The van der Waals surface area contributed by atoms with Crippen molar-refractivity contribution < 1.29 is 14.3 Å². The predicted molar refractivity (Wildman–Crippen MR) is 110 cm³/mol. The molecular weight excluding hydrogens is 352 g/mol. The molecule has 0 aliphatic carbocycles. The normalized spacial score (nSPS) is 15.3. The Morgan fingerprint density at radius 2 is 1.79 bits per heavy atom. The van der Waals surface area contributed by atoms with Crippen molar-refractivity contribution >= 4 is 16.7 Å². The molecule has 28 heavy (non-hydrogen) atoms. The van der Waals surface area contributed by atoms with Crippen molar-refractivity contribution in [3.63, 3.8) is 0 Å². The summed E-state index contributed by atoms with van der Waals surface area (Å²) in [7, 11) is 3.31. The molecule has 146 valence electrons. The number of nitrogens with one attached hydrogen (secondary N) is 1. The number of aromatic nitrogens is 1. The number of carbonyl (C=O) groups excluding carboxylic acids is 1. The molecule has 1 N–H and O–H groups in total. The summed E-state index contributed by atoms with van der Waals surface area (Å²) in [6.07, 6.45) is 0.889. The zero-order valence-electron chi connectivity index (χ0n) is 16.8. The Kier molecular flexibility index (Phi) is 4.85. The van der Waals surface area contributed by atoms with E-state index in [2.05, 4.69) is 16.0 Å². The zero-order valence-corrected chi connectivity index (χ0v) is 16.8. The third-order valence-electron chi connectivity index (χ3n) is 5.81. The molecule has 0 bridgehead atoms. The summed E-state index contributed by atoms with van der Waals surface area (Å²) in [6, 6.07) is 11.9. The fourth-order valence-electron chi connectivity index (χ4n) is 4.20. The summed E-state index contributed by atoms with van der Waals surface area (Å²) in [5.41, 5.74) is 5.20. The monoisotopic (exact) mass is 378 g/mol. The minimum atomic E-state index is -0.195. The smallest absolute Gasteiger partial charge is 0.182 e. The lowest BCUT2D eigenvalue weighted by Gasteiger charge is -2.33. The van der Waals surface area contributed by atoms with Crippen LogP contribution in [-0.4, -0.2) is 42.5 Å². The van der Waals surface area contributed by atoms with E-state index in [1.807, 2.05) is 44.2 Å². The molecule has 2 heterocycles. The number of benzene rings is 2. The summed E-state index contributed by atoms with van der Waals surface area (Å²) in [6.45, 7) is 5.55. The van der Waals surface area contributed by atoms with Gasteiger partial charge >= 0.3 is 0 Å². The quantitative estimate of drug-likeness (QED) is 0.679. The van der Waals surface area contributed by atoms with Gasteiger partial charge in [-0.05, 0) is 49.6 Å². The van der Waals surface area contributed by atoms with Crippen LogP contribution in [0.1, 0.15) is 34.1 Å². The molecule has 0 spiro atoms. The second-order valence-corrected chi connectivity index (χ2v) is 7.41. The molecule has 0 amide bonds. The SMILES string of the molecule is COc1cc2c(cc1OC)CN([C@H](C)C(=O)c1c(C)[nH]c3ccccc13)CC2. The van der Waals surface area contributed by atoms with Crippen LogP contribution in [0, 0.1) is 6.92 Å². The van der Waals surface area contributed by atoms with Crippen molar-refractivity contribution in [2.24, 2.45) is 0 Å². The number of ether oxygens (including phenoxy) is 2. The van der Waals surface area contributed by atoms with E-state index in [1.54, 1.807) is 14.2 Å². The lowest BCUT2D eigenvalue weighted by atomic mass is 9.95. The number of nitrogens with zero attached hydrogens (tertiary/aromatic N) is 1. The molecule has 0 radical (unpaired) electrons. The first-order valence-electron chi connectivity index (χ1n) is 9.62. The summed E-state index contributed by atoms with van der Waals surface area (Å²) in [4.78, 5) is 19.0.